The monoisotopic (exact) mass is 281 g/mol. The molecule has 1 N–H and O–H groups in total. The first-order chi connectivity index (χ1) is 9.52. The number of pyridine rings is 1. The number of carbonyl (C=O) groups is 1. The molecular weight excluding hydrogens is 266 g/mol. The van der Waals surface area contributed by atoms with Crippen LogP contribution in [0.5, 0.6) is 0 Å². The molecule has 0 aliphatic carbocycles. The summed E-state index contributed by atoms with van der Waals surface area (Å²) in [5.41, 5.74) is -0.830. The molecule has 1 atom stereocenters. The average Bonchev–Trinajstić information content (AvgIpc) is 2.87. The maximum atomic E-state index is 11.1. The zero-order valence-electron chi connectivity index (χ0n) is 11.0. The number of aromatic nitrogens is 1. The third-order valence-corrected chi connectivity index (χ3v) is 3.31. The van der Waals surface area contributed by atoms with E-state index in [1.54, 1.807) is 7.11 Å². The van der Waals surface area contributed by atoms with Crippen LogP contribution in [0.3, 0.4) is 0 Å². The standard InChI is InChI=1S/C12H15N3O5/c1-20-7-8-2-3-14(6-8)11-4-9(12(16)17)10(5-13-11)15(18)19/h4-5,8H,2-3,6-7H2,1H3,(H,16,17). The fraction of sp³-hybridized carbons (Fsp3) is 0.500. The summed E-state index contributed by atoms with van der Waals surface area (Å²) in [4.78, 5) is 27.0. The summed E-state index contributed by atoms with van der Waals surface area (Å²) >= 11 is 0. The maximum absolute atomic E-state index is 11.1. The van der Waals surface area contributed by atoms with Crippen molar-refractivity contribution < 1.29 is 19.6 Å². The van der Waals surface area contributed by atoms with Crippen LogP contribution in [0.15, 0.2) is 12.3 Å². The minimum Gasteiger partial charge on any atom is -0.477 e. The molecule has 1 aliphatic heterocycles. The molecule has 0 bridgehead atoms. The first-order valence-electron chi connectivity index (χ1n) is 6.14. The van der Waals surface area contributed by atoms with E-state index in [1.807, 2.05) is 4.90 Å². The van der Waals surface area contributed by atoms with Crippen molar-refractivity contribution in [1.82, 2.24) is 4.98 Å². The Morgan fingerprint density at radius 2 is 2.45 bits per heavy atom. The van der Waals surface area contributed by atoms with Crippen molar-refractivity contribution in [2.24, 2.45) is 5.92 Å². The lowest BCUT2D eigenvalue weighted by Crippen LogP contribution is -2.22. The third kappa shape index (κ3) is 2.85. The van der Waals surface area contributed by atoms with Gasteiger partial charge in [0.15, 0.2) is 0 Å². The van der Waals surface area contributed by atoms with E-state index in [0.717, 1.165) is 19.2 Å². The molecule has 8 heteroatoms. The Morgan fingerprint density at radius 1 is 1.70 bits per heavy atom. The highest BCUT2D eigenvalue weighted by Crippen LogP contribution is 2.26. The van der Waals surface area contributed by atoms with Gasteiger partial charge in [0, 0.05) is 32.2 Å². The van der Waals surface area contributed by atoms with Crippen LogP contribution in [0.1, 0.15) is 16.8 Å². The van der Waals surface area contributed by atoms with Crippen LogP contribution in [0.4, 0.5) is 11.5 Å². The van der Waals surface area contributed by atoms with Gasteiger partial charge in [0.1, 0.15) is 17.6 Å². The lowest BCUT2D eigenvalue weighted by atomic mass is 10.1. The van der Waals surface area contributed by atoms with E-state index in [1.165, 1.54) is 6.07 Å². The topological polar surface area (TPSA) is 106 Å². The Labute approximate surface area is 115 Å². The van der Waals surface area contributed by atoms with Crippen LogP contribution in [0.2, 0.25) is 0 Å². The van der Waals surface area contributed by atoms with Gasteiger partial charge in [-0.15, -0.1) is 0 Å². The predicted octanol–water partition coefficient (Wildman–Crippen LogP) is 1.16. The molecule has 108 valence electrons. The van der Waals surface area contributed by atoms with Crippen molar-refractivity contribution in [2.45, 2.75) is 6.42 Å². The van der Waals surface area contributed by atoms with E-state index in [9.17, 15) is 14.9 Å². The molecule has 1 fully saturated rings. The van der Waals surface area contributed by atoms with Crippen molar-refractivity contribution in [3.63, 3.8) is 0 Å². The number of anilines is 1. The summed E-state index contributed by atoms with van der Waals surface area (Å²) in [6.45, 7) is 2.07. The minimum absolute atomic E-state index is 0.338. The molecule has 2 heterocycles. The number of ether oxygens (including phenoxy) is 1. The third-order valence-electron chi connectivity index (χ3n) is 3.31. The van der Waals surface area contributed by atoms with Crippen LogP contribution >= 0.6 is 0 Å². The molecule has 0 spiro atoms. The highest BCUT2D eigenvalue weighted by Gasteiger charge is 2.27. The largest absolute Gasteiger partial charge is 0.477 e. The van der Waals surface area contributed by atoms with E-state index in [0.29, 0.717) is 24.9 Å². The quantitative estimate of drug-likeness (QED) is 0.637. The van der Waals surface area contributed by atoms with Crippen LogP contribution in [-0.4, -0.2) is 47.8 Å². The van der Waals surface area contributed by atoms with Crippen LogP contribution < -0.4 is 4.90 Å². The molecular formula is C12H15N3O5. The van der Waals surface area contributed by atoms with Gasteiger partial charge in [-0.3, -0.25) is 10.1 Å². The first kappa shape index (κ1) is 14.2. The lowest BCUT2D eigenvalue weighted by molar-refractivity contribution is -0.385. The molecule has 8 nitrogen and oxygen atoms in total. The van der Waals surface area contributed by atoms with E-state index >= 15 is 0 Å². The van der Waals surface area contributed by atoms with Crippen molar-refractivity contribution in [1.29, 1.82) is 0 Å². The number of methoxy groups -OCH3 is 1. The molecule has 1 aliphatic rings. The SMILES string of the molecule is COCC1CCN(c2cc(C(=O)O)c([N+](=O)[O-])cn2)C1. The smallest absolute Gasteiger partial charge is 0.342 e. The second-order valence-corrected chi connectivity index (χ2v) is 4.68. The fourth-order valence-corrected chi connectivity index (χ4v) is 2.34. The summed E-state index contributed by atoms with van der Waals surface area (Å²) in [7, 11) is 1.63. The predicted molar refractivity (Wildman–Crippen MR) is 70.0 cm³/mol. The maximum Gasteiger partial charge on any atom is 0.342 e. The van der Waals surface area contributed by atoms with Crippen LogP contribution in [-0.2, 0) is 4.74 Å². The van der Waals surface area contributed by atoms with Gasteiger partial charge in [-0.1, -0.05) is 0 Å². The Balaban J connectivity index is 2.24. The van der Waals surface area contributed by atoms with Gasteiger partial charge >= 0.3 is 11.7 Å². The van der Waals surface area contributed by atoms with E-state index in [-0.39, 0.29) is 5.56 Å². The Morgan fingerprint density at radius 3 is 3.05 bits per heavy atom. The fourth-order valence-electron chi connectivity index (χ4n) is 2.34. The van der Waals surface area contributed by atoms with Gasteiger partial charge in [0.25, 0.3) is 0 Å². The molecule has 0 saturated carbocycles. The summed E-state index contributed by atoms with van der Waals surface area (Å²) in [5, 5.41) is 19.8. The second kappa shape index (κ2) is 5.83. The van der Waals surface area contributed by atoms with Gasteiger partial charge in [-0.2, -0.15) is 0 Å². The normalized spacial score (nSPS) is 18.2. The van der Waals surface area contributed by atoms with Gasteiger partial charge in [-0.05, 0) is 6.42 Å². The molecule has 1 unspecified atom stereocenters. The number of hydrogen-bond donors (Lipinski definition) is 1. The Kier molecular flexibility index (Phi) is 4.14. The van der Waals surface area contributed by atoms with Crippen molar-refractivity contribution >= 4 is 17.5 Å². The average molecular weight is 281 g/mol. The van der Waals surface area contributed by atoms with Crippen molar-refractivity contribution in [2.75, 3.05) is 31.7 Å². The summed E-state index contributed by atoms with van der Waals surface area (Å²) < 4.78 is 5.09. The summed E-state index contributed by atoms with van der Waals surface area (Å²) in [6.07, 6.45) is 1.93. The molecule has 1 aromatic heterocycles. The molecule has 1 aromatic rings. The first-order valence-corrected chi connectivity index (χ1v) is 6.14. The van der Waals surface area contributed by atoms with E-state index in [4.69, 9.17) is 9.84 Å². The molecule has 0 radical (unpaired) electrons. The number of nitro groups is 1. The molecule has 0 aromatic carbocycles. The summed E-state index contributed by atoms with van der Waals surface area (Å²) in [6, 6.07) is 1.26. The zero-order chi connectivity index (χ0) is 14.7. The lowest BCUT2D eigenvalue weighted by Gasteiger charge is -2.17. The number of aromatic carboxylic acids is 1. The number of carboxylic acid groups (broad SMARTS) is 1. The van der Waals surface area contributed by atoms with Crippen LogP contribution in [0, 0.1) is 16.0 Å². The van der Waals surface area contributed by atoms with Gasteiger partial charge < -0.3 is 14.7 Å². The van der Waals surface area contributed by atoms with Crippen LogP contribution in [0.25, 0.3) is 0 Å². The molecule has 2 rings (SSSR count). The molecule has 1 saturated heterocycles. The van der Waals surface area contributed by atoms with E-state index in [2.05, 4.69) is 4.98 Å². The number of rotatable bonds is 5. The highest BCUT2D eigenvalue weighted by atomic mass is 16.6. The van der Waals surface area contributed by atoms with E-state index < -0.39 is 16.6 Å². The van der Waals surface area contributed by atoms with Crippen molar-refractivity contribution in [3.8, 4) is 0 Å². The zero-order valence-corrected chi connectivity index (χ0v) is 11.0. The summed E-state index contributed by atoms with van der Waals surface area (Å²) in [5.74, 6) is -0.509. The highest BCUT2D eigenvalue weighted by molar-refractivity contribution is 5.93. The number of carboxylic acids is 1. The Bertz CT molecular complexity index is 534. The molecule has 20 heavy (non-hydrogen) atoms. The van der Waals surface area contributed by atoms with Crippen molar-refractivity contribution in [3.05, 3.63) is 27.9 Å². The minimum atomic E-state index is -1.33. The van der Waals surface area contributed by atoms with Gasteiger partial charge in [0.05, 0.1) is 11.5 Å². The Hall–Kier alpha value is -2.22. The molecule has 0 amide bonds. The van der Waals surface area contributed by atoms with Gasteiger partial charge in [0.2, 0.25) is 0 Å². The second-order valence-electron chi connectivity index (χ2n) is 4.68. The number of hydrogen-bond acceptors (Lipinski definition) is 6. The number of nitrogens with zero attached hydrogens (tertiary/aromatic N) is 3. The van der Waals surface area contributed by atoms with Gasteiger partial charge in [-0.25, -0.2) is 9.78 Å².